The van der Waals surface area contributed by atoms with Crippen LogP contribution in [0.25, 0.3) is 0 Å². The molecule has 0 N–H and O–H groups in total. The molecule has 1 aromatic heterocycles. The van der Waals surface area contributed by atoms with E-state index in [1.165, 1.54) is 11.1 Å². The van der Waals surface area contributed by atoms with E-state index in [9.17, 15) is 0 Å². The maximum absolute atomic E-state index is 4.87. The van der Waals surface area contributed by atoms with Gasteiger partial charge in [-0.2, -0.15) is 0 Å². The van der Waals surface area contributed by atoms with Gasteiger partial charge in [0, 0.05) is 23.5 Å². The average Bonchev–Trinajstić information content (AvgIpc) is 2.08. The summed E-state index contributed by atoms with van der Waals surface area (Å²) in [7, 11) is 0. The summed E-state index contributed by atoms with van der Waals surface area (Å²) in [4.78, 5) is 3.78. The van der Waals surface area contributed by atoms with Crippen molar-refractivity contribution in [2.24, 2.45) is 0 Å². The van der Waals surface area contributed by atoms with E-state index in [4.69, 9.17) is 23.2 Å². The molecule has 0 radical (unpaired) electrons. The van der Waals surface area contributed by atoms with E-state index in [2.05, 4.69) is 4.98 Å². The summed E-state index contributed by atoms with van der Waals surface area (Å²) in [5, 5.41) is 0. The van der Waals surface area contributed by atoms with Crippen molar-refractivity contribution in [2.75, 3.05) is 0 Å². The van der Waals surface area contributed by atoms with Crippen LogP contribution in [-0.2, 0) is 21.1 Å². The minimum Gasteiger partial charge on any atom is -0.265 e. The van der Waals surface area contributed by atoms with Crippen molar-refractivity contribution >= 4 is 23.2 Å². The Hall–Kier alpha value is 0.158. The van der Waals surface area contributed by atoms with Crippen molar-refractivity contribution in [2.45, 2.75) is 0 Å². The van der Waals surface area contributed by atoms with Crippen LogP contribution in [0.4, 0.5) is 0 Å². The van der Waals surface area contributed by atoms with Gasteiger partial charge in [-0.15, -0.1) is 0 Å². The summed E-state index contributed by atoms with van der Waals surface area (Å²) in [6, 6.07) is 5.72. The first-order chi connectivity index (χ1) is 4.91. The minimum atomic E-state index is 0. The van der Waals surface area contributed by atoms with Crippen LogP contribution in [0.15, 0.2) is 41.7 Å². The Balaban J connectivity index is 0. The maximum Gasteiger partial charge on any atom is 2.00 e. The molecule has 0 unspecified atom stereocenters. The quantitative estimate of drug-likeness (QED) is 0.684. The van der Waals surface area contributed by atoms with Gasteiger partial charge < -0.3 is 0 Å². The monoisotopic (exact) mass is 370 g/mol. The number of hydrogen-bond acceptors (Lipinski definition) is 1. The average molecular weight is 371 g/mol. The Kier molecular flexibility index (Phi) is 16.0. The molecular formula is C7H7Cl2NPt+2. The van der Waals surface area contributed by atoms with E-state index in [1.54, 1.807) is 12.4 Å². The molecule has 0 aliphatic carbocycles. The van der Waals surface area contributed by atoms with Crippen molar-refractivity contribution in [3.63, 3.8) is 0 Å². The van der Waals surface area contributed by atoms with Gasteiger partial charge in [-0.05, 0) is 12.1 Å². The standard InChI is InChI=1S/C5H5N.C2H2Cl2.Pt/c1-2-4-6-5-3-1;3-1-2-4;/h1-5H;1-2H;/q;;+2/b;2-1+;. The Bertz CT molecular complexity index is 137. The molecule has 1 aromatic rings. The zero-order valence-corrected chi connectivity index (χ0v) is 9.34. The SMILES string of the molecule is Cl/C=C/Cl.[Pt+2].c1ccncc1. The summed E-state index contributed by atoms with van der Waals surface area (Å²) in [6.07, 6.45) is 3.50. The zero-order valence-electron chi connectivity index (χ0n) is 5.56. The van der Waals surface area contributed by atoms with Crippen LogP contribution < -0.4 is 0 Å². The van der Waals surface area contributed by atoms with Gasteiger partial charge in [0.1, 0.15) is 0 Å². The smallest absolute Gasteiger partial charge is 0.265 e. The molecule has 0 saturated carbocycles. The summed E-state index contributed by atoms with van der Waals surface area (Å²) >= 11 is 9.75. The fourth-order valence-electron chi connectivity index (χ4n) is 0.313. The number of halogens is 2. The summed E-state index contributed by atoms with van der Waals surface area (Å²) < 4.78 is 0. The van der Waals surface area contributed by atoms with Gasteiger partial charge in [-0.3, -0.25) is 4.98 Å². The van der Waals surface area contributed by atoms with Crippen molar-refractivity contribution in [3.05, 3.63) is 41.7 Å². The fourth-order valence-corrected chi connectivity index (χ4v) is 0.313. The van der Waals surface area contributed by atoms with Gasteiger partial charge in [0.15, 0.2) is 0 Å². The van der Waals surface area contributed by atoms with Gasteiger partial charge in [-0.1, -0.05) is 29.3 Å². The second kappa shape index (κ2) is 12.8. The van der Waals surface area contributed by atoms with Crippen LogP contribution >= 0.6 is 23.2 Å². The van der Waals surface area contributed by atoms with Crippen LogP contribution in [0.2, 0.25) is 0 Å². The molecule has 0 fully saturated rings. The molecule has 0 spiro atoms. The van der Waals surface area contributed by atoms with Crippen molar-refractivity contribution in [3.8, 4) is 0 Å². The van der Waals surface area contributed by atoms with Crippen molar-refractivity contribution in [1.82, 2.24) is 4.98 Å². The molecule has 1 heterocycles. The number of rotatable bonds is 0. The molecular weight excluding hydrogens is 364 g/mol. The maximum atomic E-state index is 4.87. The number of aromatic nitrogens is 1. The Morgan fingerprint density at radius 1 is 0.909 bits per heavy atom. The fraction of sp³-hybridized carbons (Fsp3) is 0. The van der Waals surface area contributed by atoms with Gasteiger partial charge >= 0.3 is 21.1 Å². The summed E-state index contributed by atoms with van der Waals surface area (Å²) in [5.74, 6) is 0. The Labute approximate surface area is 90.7 Å². The van der Waals surface area contributed by atoms with Crippen LogP contribution in [0.1, 0.15) is 0 Å². The zero-order chi connectivity index (χ0) is 7.66. The van der Waals surface area contributed by atoms with Crippen LogP contribution in [0.3, 0.4) is 0 Å². The van der Waals surface area contributed by atoms with Gasteiger partial charge in [0.25, 0.3) is 0 Å². The molecule has 0 bridgehead atoms. The molecule has 1 nitrogen and oxygen atoms in total. The van der Waals surface area contributed by atoms with Crippen LogP contribution in [0.5, 0.6) is 0 Å². The molecule has 0 aliphatic heterocycles. The number of hydrogen-bond donors (Lipinski definition) is 0. The minimum absolute atomic E-state index is 0. The van der Waals surface area contributed by atoms with Gasteiger partial charge in [0.05, 0.1) is 0 Å². The first-order valence-electron chi connectivity index (χ1n) is 2.62. The van der Waals surface area contributed by atoms with E-state index < -0.39 is 0 Å². The second-order valence-electron chi connectivity index (χ2n) is 1.28. The van der Waals surface area contributed by atoms with E-state index in [-0.39, 0.29) is 21.1 Å². The van der Waals surface area contributed by atoms with Gasteiger partial charge in [0.2, 0.25) is 0 Å². The molecule has 0 aliphatic rings. The third-order valence-corrected chi connectivity index (χ3v) is 0.995. The first kappa shape index (κ1) is 13.7. The van der Waals surface area contributed by atoms with E-state index >= 15 is 0 Å². The number of nitrogens with zero attached hydrogens (tertiary/aromatic N) is 1. The molecule has 1 rings (SSSR count). The van der Waals surface area contributed by atoms with E-state index in [0.717, 1.165) is 0 Å². The van der Waals surface area contributed by atoms with Crippen molar-refractivity contribution in [1.29, 1.82) is 0 Å². The molecule has 0 saturated heterocycles. The molecule has 0 amide bonds. The van der Waals surface area contributed by atoms with E-state index in [0.29, 0.717) is 0 Å². The largest absolute Gasteiger partial charge is 2.00 e. The third kappa shape index (κ3) is 13.2. The predicted octanol–water partition coefficient (Wildman–Crippen LogP) is 3.01. The van der Waals surface area contributed by atoms with E-state index in [1.807, 2.05) is 18.2 Å². The molecule has 11 heavy (non-hydrogen) atoms. The molecule has 0 aromatic carbocycles. The molecule has 0 atom stereocenters. The number of pyridine rings is 1. The normalized spacial score (nSPS) is 7.82. The van der Waals surface area contributed by atoms with Crippen LogP contribution in [-0.4, -0.2) is 4.98 Å². The Morgan fingerprint density at radius 2 is 1.36 bits per heavy atom. The first-order valence-corrected chi connectivity index (χ1v) is 3.49. The van der Waals surface area contributed by atoms with Crippen LogP contribution in [0, 0.1) is 0 Å². The predicted molar refractivity (Wildman–Crippen MR) is 45.1 cm³/mol. The molecule has 62 valence electrons. The summed E-state index contributed by atoms with van der Waals surface area (Å²) in [5.41, 5.74) is 2.48. The second-order valence-corrected chi connectivity index (χ2v) is 1.78. The Morgan fingerprint density at radius 3 is 1.45 bits per heavy atom. The molecule has 4 heteroatoms. The summed E-state index contributed by atoms with van der Waals surface area (Å²) in [6.45, 7) is 0. The topological polar surface area (TPSA) is 12.9 Å². The van der Waals surface area contributed by atoms with Crippen molar-refractivity contribution < 1.29 is 21.1 Å². The van der Waals surface area contributed by atoms with Gasteiger partial charge in [-0.25, -0.2) is 0 Å². The third-order valence-electron chi connectivity index (χ3n) is 0.614.